The molecule has 0 aliphatic rings. The van der Waals surface area contributed by atoms with E-state index < -0.39 is 0 Å². The second-order valence-corrected chi connectivity index (χ2v) is 5.41. The third kappa shape index (κ3) is 4.21. The number of anilines is 1. The zero-order chi connectivity index (χ0) is 15.2. The Balaban J connectivity index is 2.18. The van der Waals surface area contributed by atoms with Crippen molar-refractivity contribution in [1.29, 1.82) is 0 Å². The van der Waals surface area contributed by atoms with Crippen LogP contribution in [0.3, 0.4) is 0 Å². The van der Waals surface area contributed by atoms with Crippen molar-refractivity contribution in [2.45, 2.75) is 6.42 Å². The Labute approximate surface area is 134 Å². The quantitative estimate of drug-likeness (QED) is 0.873. The first-order chi connectivity index (χ1) is 10.1. The molecular weight excluding hydrogens is 307 g/mol. The van der Waals surface area contributed by atoms with E-state index in [1.807, 2.05) is 31.3 Å². The third-order valence-electron chi connectivity index (χ3n) is 3.08. The molecule has 2 aromatic carbocycles. The van der Waals surface area contributed by atoms with Gasteiger partial charge in [0.15, 0.2) is 0 Å². The molecule has 0 fully saturated rings. The minimum Gasteiger partial charge on any atom is -0.322 e. The van der Waals surface area contributed by atoms with E-state index in [1.54, 1.807) is 18.2 Å². The predicted molar refractivity (Wildman–Crippen MR) is 88.5 cm³/mol. The van der Waals surface area contributed by atoms with Crippen LogP contribution in [0.4, 0.5) is 5.69 Å². The smallest absolute Gasteiger partial charge is 0.255 e. The van der Waals surface area contributed by atoms with Gasteiger partial charge in [-0.05, 0) is 49.8 Å². The Hall–Kier alpha value is -1.55. The van der Waals surface area contributed by atoms with E-state index in [0.29, 0.717) is 21.3 Å². The summed E-state index contributed by atoms with van der Waals surface area (Å²) in [6.07, 6.45) is 0.793. The summed E-state index contributed by atoms with van der Waals surface area (Å²) < 4.78 is 0. The molecule has 2 N–H and O–H groups in total. The average molecular weight is 323 g/mol. The van der Waals surface area contributed by atoms with Crippen LogP contribution in [-0.4, -0.2) is 19.5 Å². The Morgan fingerprint density at radius 1 is 1.10 bits per heavy atom. The van der Waals surface area contributed by atoms with E-state index in [-0.39, 0.29) is 5.91 Å². The predicted octanol–water partition coefficient (Wildman–Crippen LogP) is 4.01. The Kier molecular flexibility index (Phi) is 5.62. The maximum atomic E-state index is 12.4. The molecule has 0 atom stereocenters. The first kappa shape index (κ1) is 15.8. The highest BCUT2D eigenvalue weighted by atomic mass is 35.5. The average Bonchev–Trinajstić information content (AvgIpc) is 2.49. The number of hydrogen-bond acceptors (Lipinski definition) is 2. The van der Waals surface area contributed by atoms with Crippen molar-refractivity contribution in [3.05, 3.63) is 63.6 Å². The number of rotatable bonds is 5. The number of carbonyl (C=O) groups excluding carboxylic acids is 1. The van der Waals surface area contributed by atoms with Crippen LogP contribution in [0.2, 0.25) is 10.0 Å². The fourth-order valence-corrected chi connectivity index (χ4v) is 2.29. The van der Waals surface area contributed by atoms with Gasteiger partial charge >= 0.3 is 0 Å². The maximum Gasteiger partial charge on any atom is 0.255 e. The van der Waals surface area contributed by atoms with Gasteiger partial charge in [0.1, 0.15) is 0 Å². The fraction of sp³-hybridized carbons (Fsp3) is 0.188. The maximum absolute atomic E-state index is 12.4. The first-order valence-electron chi connectivity index (χ1n) is 6.60. The van der Waals surface area contributed by atoms with Crippen molar-refractivity contribution in [2.75, 3.05) is 18.9 Å². The van der Waals surface area contributed by atoms with E-state index >= 15 is 0 Å². The Morgan fingerprint density at radius 3 is 2.57 bits per heavy atom. The van der Waals surface area contributed by atoms with Gasteiger partial charge in [0.05, 0.1) is 10.0 Å². The molecule has 2 rings (SSSR count). The number of carbonyl (C=O) groups is 1. The number of halogens is 2. The van der Waals surface area contributed by atoms with Gasteiger partial charge in [0.25, 0.3) is 5.91 Å². The molecule has 5 heteroatoms. The zero-order valence-corrected chi connectivity index (χ0v) is 13.1. The van der Waals surface area contributed by atoms with Crippen LogP contribution in [0.1, 0.15) is 15.9 Å². The van der Waals surface area contributed by atoms with Crippen LogP contribution in [0, 0.1) is 0 Å². The van der Waals surface area contributed by atoms with Gasteiger partial charge in [-0.1, -0.05) is 41.4 Å². The first-order valence-corrected chi connectivity index (χ1v) is 7.36. The molecule has 2 aromatic rings. The lowest BCUT2D eigenvalue weighted by atomic mass is 10.0. The standard InChI is InChI=1S/C16H16Cl2N2O/c1-19-9-8-11-4-2-3-5-13(11)16(21)20-12-6-7-14(17)15(18)10-12/h2-7,10,19H,8-9H2,1H3,(H,20,21). The molecule has 0 radical (unpaired) electrons. The van der Waals surface area contributed by atoms with Crippen molar-refractivity contribution >= 4 is 34.8 Å². The molecule has 0 bridgehead atoms. The fourth-order valence-electron chi connectivity index (χ4n) is 1.99. The van der Waals surface area contributed by atoms with E-state index in [4.69, 9.17) is 23.2 Å². The second-order valence-electron chi connectivity index (χ2n) is 4.59. The van der Waals surface area contributed by atoms with Crippen LogP contribution < -0.4 is 10.6 Å². The van der Waals surface area contributed by atoms with Crippen molar-refractivity contribution in [1.82, 2.24) is 5.32 Å². The molecule has 110 valence electrons. The molecule has 1 amide bonds. The largest absolute Gasteiger partial charge is 0.322 e. The molecule has 0 saturated heterocycles. The van der Waals surface area contributed by atoms with Gasteiger partial charge < -0.3 is 10.6 Å². The lowest BCUT2D eigenvalue weighted by Gasteiger charge is -2.10. The number of nitrogens with one attached hydrogen (secondary N) is 2. The van der Waals surface area contributed by atoms with Crippen molar-refractivity contribution < 1.29 is 4.79 Å². The molecule has 21 heavy (non-hydrogen) atoms. The highest BCUT2D eigenvalue weighted by Crippen LogP contribution is 2.25. The van der Waals surface area contributed by atoms with Crippen LogP contribution in [0.5, 0.6) is 0 Å². The topological polar surface area (TPSA) is 41.1 Å². The highest BCUT2D eigenvalue weighted by Gasteiger charge is 2.11. The van der Waals surface area contributed by atoms with Crippen LogP contribution in [0.15, 0.2) is 42.5 Å². The Bertz CT molecular complexity index is 644. The van der Waals surface area contributed by atoms with Crippen molar-refractivity contribution in [2.24, 2.45) is 0 Å². The van der Waals surface area contributed by atoms with Crippen molar-refractivity contribution in [3.8, 4) is 0 Å². The van der Waals surface area contributed by atoms with Crippen LogP contribution in [-0.2, 0) is 6.42 Å². The van der Waals surface area contributed by atoms with E-state index in [9.17, 15) is 4.79 Å². The molecule has 0 heterocycles. The van der Waals surface area contributed by atoms with Gasteiger partial charge in [-0.25, -0.2) is 0 Å². The summed E-state index contributed by atoms with van der Waals surface area (Å²) in [4.78, 5) is 12.4. The summed E-state index contributed by atoms with van der Waals surface area (Å²) in [5, 5.41) is 6.80. The summed E-state index contributed by atoms with van der Waals surface area (Å²) in [5.74, 6) is -0.153. The second kappa shape index (κ2) is 7.46. The van der Waals surface area contributed by atoms with Crippen LogP contribution >= 0.6 is 23.2 Å². The number of hydrogen-bond donors (Lipinski definition) is 2. The zero-order valence-electron chi connectivity index (χ0n) is 11.6. The van der Waals surface area contributed by atoms with Gasteiger partial charge in [0, 0.05) is 11.3 Å². The van der Waals surface area contributed by atoms with Crippen LogP contribution in [0.25, 0.3) is 0 Å². The number of likely N-dealkylation sites (N-methyl/N-ethyl adjacent to an activating group) is 1. The molecular formula is C16H16Cl2N2O. The van der Waals surface area contributed by atoms with Gasteiger partial charge in [-0.2, -0.15) is 0 Å². The molecule has 0 saturated carbocycles. The summed E-state index contributed by atoms with van der Waals surface area (Å²) in [7, 11) is 1.89. The van der Waals surface area contributed by atoms with Gasteiger partial charge in [-0.15, -0.1) is 0 Å². The lowest BCUT2D eigenvalue weighted by molar-refractivity contribution is 0.102. The summed E-state index contributed by atoms with van der Waals surface area (Å²) in [5.41, 5.74) is 2.29. The molecule has 0 unspecified atom stereocenters. The normalized spacial score (nSPS) is 10.4. The van der Waals surface area contributed by atoms with E-state index in [0.717, 1.165) is 18.5 Å². The van der Waals surface area contributed by atoms with E-state index in [1.165, 1.54) is 0 Å². The molecule has 0 aromatic heterocycles. The Morgan fingerprint density at radius 2 is 1.86 bits per heavy atom. The molecule has 3 nitrogen and oxygen atoms in total. The summed E-state index contributed by atoms with van der Waals surface area (Å²) >= 11 is 11.8. The monoisotopic (exact) mass is 322 g/mol. The SMILES string of the molecule is CNCCc1ccccc1C(=O)Nc1ccc(Cl)c(Cl)c1. The van der Waals surface area contributed by atoms with Gasteiger partial charge in [0.2, 0.25) is 0 Å². The van der Waals surface area contributed by atoms with Gasteiger partial charge in [-0.3, -0.25) is 4.79 Å². The summed E-state index contributed by atoms with van der Waals surface area (Å²) in [6, 6.07) is 12.6. The number of benzene rings is 2. The molecule has 0 spiro atoms. The molecule has 0 aliphatic carbocycles. The minimum absolute atomic E-state index is 0.153. The minimum atomic E-state index is -0.153. The molecule has 0 aliphatic heterocycles. The van der Waals surface area contributed by atoms with Crippen molar-refractivity contribution in [3.63, 3.8) is 0 Å². The van der Waals surface area contributed by atoms with E-state index in [2.05, 4.69) is 10.6 Å². The third-order valence-corrected chi connectivity index (χ3v) is 3.82. The number of amides is 1. The lowest BCUT2D eigenvalue weighted by Crippen LogP contribution is -2.17. The highest BCUT2D eigenvalue weighted by molar-refractivity contribution is 6.42. The summed E-state index contributed by atoms with van der Waals surface area (Å²) in [6.45, 7) is 0.817.